The molecule has 2 rings (SSSR count). The molecule has 0 atom stereocenters. The SMILES string of the molecule is CCCCOCCCNC(=NC)NCCC(=O)N1CCN(c2ncccn2)CC1.I. The number of guanidine groups is 1. The Kier molecular flexibility index (Phi) is 14.1. The maximum absolute atomic E-state index is 12.5. The van der Waals surface area contributed by atoms with Gasteiger partial charge in [0.05, 0.1) is 0 Å². The van der Waals surface area contributed by atoms with Gasteiger partial charge in [-0.1, -0.05) is 13.3 Å². The molecule has 9 nitrogen and oxygen atoms in total. The summed E-state index contributed by atoms with van der Waals surface area (Å²) < 4.78 is 5.54. The molecule has 0 spiro atoms. The van der Waals surface area contributed by atoms with Gasteiger partial charge in [-0.25, -0.2) is 9.97 Å². The van der Waals surface area contributed by atoms with Crippen molar-refractivity contribution in [1.29, 1.82) is 0 Å². The zero-order valence-electron chi connectivity index (χ0n) is 18.2. The predicted molar refractivity (Wildman–Crippen MR) is 131 cm³/mol. The van der Waals surface area contributed by atoms with Crippen molar-refractivity contribution in [3.05, 3.63) is 18.5 Å². The maximum atomic E-state index is 12.5. The number of anilines is 1. The average molecular weight is 533 g/mol. The van der Waals surface area contributed by atoms with Crippen molar-refractivity contribution >= 4 is 41.8 Å². The van der Waals surface area contributed by atoms with Crippen LogP contribution in [0.5, 0.6) is 0 Å². The summed E-state index contributed by atoms with van der Waals surface area (Å²) in [5, 5.41) is 6.46. The van der Waals surface area contributed by atoms with E-state index >= 15 is 0 Å². The number of unbranched alkanes of at least 4 members (excludes halogenated alkanes) is 1. The van der Waals surface area contributed by atoms with Crippen molar-refractivity contribution in [3.63, 3.8) is 0 Å². The normalized spacial score (nSPS) is 14.3. The van der Waals surface area contributed by atoms with Crippen LogP contribution in [0.3, 0.4) is 0 Å². The van der Waals surface area contributed by atoms with E-state index in [0.29, 0.717) is 26.1 Å². The molecule has 10 heteroatoms. The monoisotopic (exact) mass is 533 g/mol. The second kappa shape index (κ2) is 16.1. The number of nitrogens with one attached hydrogen (secondary N) is 2. The fourth-order valence-corrected chi connectivity index (χ4v) is 3.01. The van der Waals surface area contributed by atoms with Crippen LogP contribution in [0, 0.1) is 0 Å². The number of hydrogen-bond donors (Lipinski definition) is 2. The highest BCUT2D eigenvalue weighted by Crippen LogP contribution is 2.10. The molecule has 0 aromatic carbocycles. The van der Waals surface area contributed by atoms with Gasteiger partial charge in [0.15, 0.2) is 5.96 Å². The smallest absolute Gasteiger partial charge is 0.225 e. The average Bonchev–Trinajstić information content (AvgIpc) is 2.77. The first-order valence-corrected chi connectivity index (χ1v) is 10.6. The van der Waals surface area contributed by atoms with Gasteiger partial charge in [-0.05, 0) is 18.9 Å². The Morgan fingerprint density at radius 3 is 2.43 bits per heavy atom. The Morgan fingerprint density at radius 2 is 1.77 bits per heavy atom. The molecule has 0 saturated carbocycles. The molecule has 1 aromatic heterocycles. The molecule has 0 aliphatic carbocycles. The fourth-order valence-electron chi connectivity index (χ4n) is 3.01. The van der Waals surface area contributed by atoms with Crippen LogP contribution in [-0.2, 0) is 9.53 Å². The third-order valence-corrected chi connectivity index (χ3v) is 4.72. The Bertz CT molecular complexity index is 610. The molecule has 1 aliphatic heterocycles. The van der Waals surface area contributed by atoms with E-state index in [2.05, 4.69) is 37.4 Å². The quantitative estimate of drug-likeness (QED) is 0.193. The summed E-state index contributed by atoms with van der Waals surface area (Å²) >= 11 is 0. The van der Waals surface area contributed by atoms with Crippen LogP contribution in [-0.4, -0.2) is 86.3 Å². The van der Waals surface area contributed by atoms with Gasteiger partial charge in [0, 0.05) is 78.3 Å². The Balaban J connectivity index is 0.00000450. The van der Waals surface area contributed by atoms with Crippen LogP contribution in [0.1, 0.15) is 32.6 Å². The number of amides is 1. The highest BCUT2D eigenvalue weighted by Gasteiger charge is 2.22. The number of carbonyl (C=O) groups excluding carboxylic acids is 1. The lowest BCUT2D eigenvalue weighted by Gasteiger charge is -2.34. The molecule has 1 fully saturated rings. The number of aromatic nitrogens is 2. The predicted octanol–water partition coefficient (Wildman–Crippen LogP) is 1.51. The van der Waals surface area contributed by atoms with Crippen LogP contribution in [0.25, 0.3) is 0 Å². The second-order valence-corrected chi connectivity index (χ2v) is 6.91. The molecule has 1 aliphatic rings. The minimum Gasteiger partial charge on any atom is -0.381 e. The lowest BCUT2D eigenvalue weighted by molar-refractivity contribution is -0.131. The molecule has 1 amide bonds. The van der Waals surface area contributed by atoms with Crippen LogP contribution in [0.2, 0.25) is 0 Å². The number of hydrogen-bond acceptors (Lipinski definition) is 6. The largest absolute Gasteiger partial charge is 0.381 e. The molecular weight excluding hydrogens is 497 g/mol. The van der Waals surface area contributed by atoms with Crippen molar-refractivity contribution in [2.75, 3.05) is 64.4 Å². The van der Waals surface area contributed by atoms with E-state index in [1.165, 1.54) is 0 Å². The fraction of sp³-hybridized carbons (Fsp3) is 0.700. The Labute approximate surface area is 197 Å². The first-order chi connectivity index (χ1) is 14.2. The summed E-state index contributed by atoms with van der Waals surface area (Å²) in [6, 6.07) is 1.81. The minimum atomic E-state index is 0. The second-order valence-electron chi connectivity index (χ2n) is 6.91. The van der Waals surface area contributed by atoms with E-state index in [1.54, 1.807) is 25.5 Å². The Hall–Kier alpha value is -1.69. The standard InChI is InChI=1S/C20H35N7O2.HI/c1-3-4-16-29-17-6-10-22-19(21-2)23-11-7-18(28)26-12-14-27(15-13-26)20-24-8-5-9-25-20;/h5,8-9H,3-4,6-7,10-17H2,1-2H3,(H2,21,22,23);1H. The summed E-state index contributed by atoms with van der Waals surface area (Å²) in [5.74, 6) is 1.61. The molecule has 0 unspecified atom stereocenters. The van der Waals surface area contributed by atoms with Crippen molar-refractivity contribution in [1.82, 2.24) is 25.5 Å². The molecular formula is C20H36IN7O2. The highest BCUT2D eigenvalue weighted by atomic mass is 127. The van der Waals surface area contributed by atoms with E-state index < -0.39 is 0 Å². The van der Waals surface area contributed by atoms with Gasteiger partial charge in [-0.2, -0.15) is 0 Å². The summed E-state index contributed by atoms with van der Waals surface area (Å²) in [5.41, 5.74) is 0. The number of carbonyl (C=O) groups is 1. The van der Waals surface area contributed by atoms with E-state index in [4.69, 9.17) is 4.74 Å². The van der Waals surface area contributed by atoms with E-state index in [-0.39, 0.29) is 29.9 Å². The van der Waals surface area contributed by atoms with E-state index in [9.17, 15) is 4.79 Å². The Morgan fingerprint density at radius 1 is 1.10 bits per heavy atom. The molecule has 2 N–H and O–H groups in total. The summed E-state index contributed by atoms with van der Waals surface area (Å²) in [4.78, 5) is 29.2. The third-order valence-electron chi connectivity index (χ3n) is 4.72. The van der Waals surface area contributed by atoms with Crippen LogP contribution >= 0.6 is 24.0 Å². The topological polar surface area (TPSA) is 95.0 Å². The number of piperazine rings is 1. The first-order valence-electron chi connectivity index (χ1n) is 10.6. The van der Waals surface area contributed by atoms with E-state index in [1.807, 2.05) is 4.90 Å². The lowest BCUT2D eigenvalue weighted by atomic mass is 10.3. The van der Waals surface area contributed by atoms with Gasteiger partial charge in [0.25, 0.3) is 0 Å². The van der Waals surface area contributed by atoms with Crippen LogP contribution in [0.15, 0.2) is 23.5 Å². The molecule has 1 aromatic rings. The van der Waals surface area contributed by atoms with Gasteiger partial charge in [0.2, 0.25) is 11.9 Å². The molecule has 0 bridgehead atoms. The summed E-state index contributed by atoms with van der Waals surface area (Å²) in [6.45, 7) is 8.01. The molecule has 170 valence electrons. The lowest BCUT2D eigenvalue weighted by Crippen LogP contribution is -2.50. The van der Waals surface area contributed by atoms with Crippen molar-refractivity contribution in [2.45, 2.75) is 32.6 Å². The number of aliphatic imine (C=N–C) groups is 1. The van der Waals surface area contributed by atoms with Gasteiger partial charge >= 0.3 is 0 Å². The number of ether oxygens (including phenoxy) is 1. The zero-order valence-corrected chi connectivity index (χ0v) is 20.5. The number of rotatable bonds is 11. The zero-order chi connectivity index (χ0) is 20.7. The van der Waals surface area contributed by atoms with Crippen molar-refractivity contribution in [2.24, 2.45) is 4.99 Å². The summed E-state index contributed by atoms with van der Waals surface area (Å²) in [6.07, 6.45) is 7.13. The van der Waals surface area contributed by atoms with Gasteiger partial charge < -0.3 is 25.2 Å². The third kappa shape index (κ3) is 9.88. The van der Waals surface area contributed by atoms with Crippen molar-refractivity contribution < 1.29 is 9.53 Å². The van der Waals surface area contributed by atoms with Gasteiger partial charge in [-0.3, -0.25) is 9.79 Å². The summed E-state index contributed by atoms with van der Waals surface area (Å²) in [7, 11) is 1.74. The van der Waals surface area contributed by atoms with Gasteiger partial charge in [0.1, 0.15) is 0 Å². The van der Waals surface area contributed by atoms with Crippen LogP contribution < -0.4 is 15.5 Å². The molecule has 0 radical (unpaired) electrons. The number of nitrogens with zero attached hydrogens (tertiary/aromatic N) is 5. The number of halogens is 1. The maximum Gasteiger partial charge on any atom is 0.225 e. The molecule has 30 heavy (non-hydrogen) atoms. The van der Waals surface area contributed by atoms with Crippen LogP contribution in [0.4, 0.5) is 5.95 Å². The molecule has 1 saturated heterocycles. The highest BCUT2D eigenvalue weighted by molar-refractivity contribution is 14.0. The molecule has 2 heterocycles. The minimum absolute atomic E-state index is 0. The van der Waals surface area contributed by atoms with E-state index in [0.717, 1.165) is 64.0 Å². The van der Waals surface area contributed by atoms with Gasteiger partial charge in [-0.15, -0.1) is 24.0 Å². The van der Waals surface area contributed by atoms with Crippen molar-refractivity contribution in [3.8, 4) is 0 Å². The first kappa shape index (κ1) is 26.3.